The first-order valence-corrected chi connectivity index (χ1v) is 10.3. The molecule has 0 spiro atoms. The summed E-state index contributed by atoms with van der Waals surface area (Å²) >= 11 is 0. The number of pyridine rings is 1. The van der Waals surface area contributed by atoms with Gasteiger partial charge in [0.1, 0.15) is 5.69 Å². The van der Waals surface area contributed by atoms with E-state index in [0.29, 0.717) is 24.3 Å². The standard InChI is InChI=1S/C22H17F3N6O4/c23-22(24,25)21-29-18(30-35-21)15-5-6-17(27-10-15)19(32)28-11-16-12-34-8-7-31(16)20(33)14-3-1-13(9-26)2-4-14/h1-6,10,16H,7-8,11-12H2,(H,28,32)/t16-/m0/s1. The first kappa shape index (κ1) is 23.8. The van der Waals surface area contributed by atoms with Crippen LogP contribution in [0.25, 0.3) is 11.4 Å². The van der Waals surface area contributed by atoms with Crippen LogP contribution in [0.4, 0.5) is 13.2 Å². The molecule has 180 valence electrons. The zero-order valence-electron chi connectivity index (χ0n) is 18.0. The van der Waals surface area contributed by atoms with Crippen molar-refractivity contribution in [3.63, 3.8) is 0 Å². The number of hydrogen-bond acceptors (Lipinski definition) is 8. The number of hydrogen-bond donors (Lipinski definition) is 1. The second-order valence-electron chi connectivity index (χ2n) is 7.48. The quantitative estimate of drug-likeness (QED) is 0.581. The van der Waals surface area contributed by atoms with Crippen LogP contribution >= 0.6 is 0 Å². The first-order chi connectivity index (χ1) is 16.8. The fourth-order valence-electron chi connectivity index (χ4n) is 3.36. The van der Waals surface area contributed by atoms with Gasteiger partial charge in [-0.05, 0) is 36.4 Å². The molecule has 2 aromatic heterocycles. The van der Waals surface area contributed by atoms with Gasteiger partial charge in [-0.3, -0.25) is 14.6 Å². The van der Waals surface area contributed by atoms with E-state index in [1.54, 1.807) is 29.2 Å². The van der Waals surface area contributed by atoms with E-state index < -0.39 is 24.0 Å². The van der Waals surface area contributed by atoms with Crippen molar-refractivity contribution < 1.29 is 32.0 Å². The van der Waals surface area contributed by atoms with Crippen molar-refractivity contribution in [1.82, 2.24) is 25.3 Å². The molecule has 1 aromatic carbocycles. The fourth-order valence-corrected chi connectivity index (χ4v) is 3.36. The van der Waals surface area contributed by atoms with Gasteiger partial charge >= 0.3 is 12.1 Å². The third-order valence-electron chi connectivity index (χ3n) is 5.17. The van der Waals surface area contributed by atoms with Crippen molar-refractivity contribution in [2.75, 3.05) is 26.3 Å². The van der Waals surface area contributed by atoms with Crippen molar-refractivity contribution in [3.8, 4) is 17.5 Å². The lowest BCUT2D eigenvalue weighted by Gasteiger charge is -2.35. The van der Waals surface area contributed by atoms with Crippen molar-refractivity contribution in [2.45, 2.75) is 12.2 Å². The lowest BCUT2D eigenvalue weighted by molar-refractivity contribution is -0.159. The topological polar surface area (TPSA) is 134 Å². The molecule has 0 unspecified atom stereocenters. The number of nitrogens with one attached hydrogen (secondary N) is 1. The van der Waals surface area contributed by atoms with Gasteiger partial charge in [-0.25, -0.2) is 0 Å². The maximum atomic E-state index is 12.9. The molecular formula is C22H17F3N6O4. The van der Waals surface area contributed by atoms with Gasteiger partial charge in [0.05, 0.1) is 30.9 Å². The minimum atomic E-state index is -4.77. The number of halogens is 3. The van der Waals surface area contributed by atoms with E-state index in [2.05, 4.69) is 25.0 Å². The van der Waals surface area contributed by atoms with Gasteiger partial charge in [0.25, 0.3) is 11.8 Å². The molecule has 35 heavy (non-hydrogen) atoms. The summed E-state index contributed by atoms with van der Waals surface area (Å²) in [6.07, 6.45) is -3.61. The van der Waals surface area contributed by atoms with Gasteiger partial charge < -0.3 is 19.5 Å². The van der Waals surface area contributed by atoms with E-state index in [4.69, 9.17) is 10.00 Å². The summed E-state index contributed by atoms with van der Waals surface area (Å²) in [5.74, 6) is -2.59. The summed E-state index contributed by atoms with van der Waals surface area (Å²) in [4.78, 5) is 34.3. The molecule has 2 amide bonds. The Labute approximate surface area is 196 Å². The Morgan fingerprint density at radius 2 is 1.97 bits per heavy atom. The molecule has 1 N–H and O–H groups in total. The average molecular weight is 486 g/mol. The van der Waals surface area contributed by atoms with Crippen LogP contribution in [0.5, 0.6) is 0 Å². The molecule has 1 aliphatic rings. The molecule has 10 nitrogen and oxygen atoms in total. The third-order valence-corrected chi connectivity index (χ3v) is 5.17. The van der Waals surface area contributed by atoms with Gasteiger partial charge in [-0.1, -0.05) is 5.16 Å². The summed E-state index contributed by atoms with van der Waals surface area (Å²) in [6.45, 7) is 0.983. The average Bonchev–Trinajstić information content (AvgIpc) is 3.38. The number of morpholine rings is 1. The zero-order valence-corrected chi connectivity index (χ0v) is 18.0. The van der Waals surface area contributed by atoms with Crippen LogP contribution in [0.3, 0.4) is 0 Å². The summed E-state index contributed by atoms with van der Waals surface area (Å²) in [5, 5.41) is 14.9. The predicted octanol–water partition coefficient (Wildman–Crippen LogP) is 2.29. The maximum absolute atomic E-state index is 12.9. The summed E-state index contributed by atoms with van der Waals surface area (Å²) in [7, 11) is 0. The molecule has 3 aromatic rings. The summed E-state index contributed by atoms with van der Waals surface area (Å²) in [6, 6.07) is 10.5. The minimum absolute atomic E-state index is 0.00925. The second kappa shape index (κ2) is 9.90. The molecular weight excluding hydrogens is 469 g/mol. The maximum Gasteiger partial charge on any atom is 0.471 e. The van der Waals surface area contributed by atoms with E-state index in [1.165, 1.54) is 12.1 Å². The van der Waals surface area contributed by atoms with E-state index in [-0.39, 0.29) is 36.1 Å². The molecule has 0 radical (unpaired) electrons. The molecule has 13 heteroatoms. The fraction of sp³-hybridized carbons (Fsp3) is 0.273. The number of aromatic nitrogens is 3. The van der Waals surface area contributed by atoms with Gasteiger partial charge in [0, 0.05) is 30.4 Å². The molecule has 1 fully saturated rings. The molecule has 1 atom stereocenters. The molecule has 4 rings (SSSR count). The number of alkyl halides is 3. The Bertz CT molecular complexity index is 1250. The van der Waals surface area contributed by atoms with E-state index in [0.717, 1.165) is 6.20 Å². The number of amides is 2. The van der Waals surface area contributed by atoms with Gasteiger partial charge in [0.2, 0.25) is 5.82 Å². The van der Waals surface area contributed by atoms with Crippen LogP contribution in [0.2, 0.25) is 0 Å². The molecule has 0 bridgehead atoms. The third kappa shape index (κ3) is 5.44. The monoisotopic (exact) mass is 486 g/mol. The highest BCUT2D eigenvalue weighted by atomic mass is 19.4. The van der Waals surface area contributed by atoms with Crippen molar-refractivity contribution >= 4 is 11.8 Å². The minimum Gasteiger partial charge on any atom is -0.377 e. The van der Waals surface area contributed by atoms with Gasteiger partial charge in [-0.2, -0.15) is 23.4 Å². The summed E-state index contributed by atoms with van der Waals surface area (Å²) in [5.41, 5.74) is 0.997. The van der Waals surface area contributed by atoms with Crippen molar-refractivity contribution in [2.24, 2.45) is 0 Å². The smallest absolute Gasteiger partial charge is 0.377 e. The number of carbonyl (C=O) groups is 2. The Hall–Kier alpha value is -4.31. The largest absolute Gasteiger partial charge is 0.471 e. The number of benzene rings is 1. The number of nitrogens with zero attached hydrogens (tertiary/aromatic N) is 5. The molecule has 1 saturated heterocycles. The highest BCUT2D eigenvalue weighted by Gasteiger charge is 2.38. The first-order valence-electron chi connectivity index (χ1n) is 10.3. The van der Waals surface area contributed by atoms with Crippen molar-refractivity contribution in [3.05, 3.63) is 65.3 Å². The number of nitriles is 1. The Balaban J connectivity index is 1.38. The highest BCUT2D eigenvalue weighted by molar-refractivity contribution is 5.95. The Morgan fingerprint density at radius 1 is 1.20 bits per heavy atom. The van der Waals surface area contributed by atoms with Crippen LogP contribution in [0, 0.1) is 11.3 Å². The van der Waals surface area contributed by atoms with Crippen LogP contribution in [0.15, 0.2) is 47.1 Å². The van der Waals surface area contributed by atoms with E-state index in [1.807, 2.05) is 6.07 Å². The lowest BCUT2D eigenvalue weighted by atomic mass is 10.1. The van der Waals surface area contributed by atoms with Crippen LogP contribution in [0.1, 0.15) is 32.3 Å². The number of ether oxygens (including phenoxy) is 1. The molecule has 0 aliphatic carbocycles. The van der Waals surface area contributed by atoms with Crippen LogP contribution in [-0.4, -0.2) is 64.2 Å². The second-order valence-corrected chi connectivity index (χ2v) is 7.48. The Kier molecular flexibility index (Phi) is 6.74. The van der Waals surface area contributed by atoms with E-state index in [9.17, 15) is 22.8 Å². The molecule has 1 aliphatic heterocycles. The van der Waals surface area contributed by atoms with Gasteiger partial charge in [0.15, 0.2) is 0 Å². The summed E-state index contributed by atoms with van der Waals surface area (Å²) < 4.78 is 47.5. The van der Waals surface area contributed by atoms with E-state index >= 15 is 0 Å². The van der Waals surface area contributed by atoms with Crippen molar-refractivity contribution in [1.29, 1.82) is 5.26 Å². The van der Waals surface area contributed by atoms with Gasteiger partial charge in [-0.15, -0.1) is 0 Å². The lowest BCUT2D eigenvalue weighted by Crippen LogP contribution is -2.53. The zero-order chi connectivity index (χ0) is 25.0. The number of carbonyl (C=O) groups excluding carboxylic acids is 2. The Morgan fingerprint density at radius 3 is 2.60 bits per heavy atom. The van der Waals surface area contributed by atoms with Crippen LogP contribution in [-0.2, 0) is 10.9 Å². The predicted molar refractivity (Wildman–Crippen MR) is 112 cm³/mol. The molecule has 3 heterocycles. The number of rotatable bonds is 5. The SMILES string of the molecule is N#Cc1ccc(C(=O)N2CCOC[C@@H]2CNC(=O)c2ccc(-c3noc(C(F)(F)F)n3)cn2)cc1. The highest BCUT2D eigenvalue weighted by Crippen LogP contribution is 2.29. The van der Waals surface area contributed by atoms with Crippen LogP contribution < -0.4 is 5.32 Å². The molecule has 0 saturated carbocycles. The normalized spacial score (nSPS) is 15.9.